The van der Waals surface area contributed by atoms with Gasteiger partial charge in [0.1, 0.15) is 11.5 Å². The molecule has 1 rings (SSSR count). The van der Waals surface area contributed by atoms with Gasteiger partial charge in [-0.2, -0.15) is 0 Å². The third-order valence-electron chi connectivity index (χ3n) is 2.74. The van der Waals surface area contributed by atoms with E-state index in [9.17, 15) is 14.7 Å². The Morgan fingerprint density at radius 3 is 2.50 bits per heavy atom. The van der Waals surface area contributed by atoms with Crippen LogP contribution in [0.5, 0.6) is 11.5 Å². The Morgan fingerprint density at radius 1 is 1.35 bits per heavy atom. The molecule has 0 bridgehead atoms. The van der Waals surface area contributed by atoms with Crippen molar-refractivity contribution in [1.29, 1.82) is 0 Å². The van der Waals surface area contributed by atoms with Crippen molar-refractivity contribution in [2.24, 2.45) is 0 Å². The van der Waals surface area contributed by atoms with E-state index in [0.29, 0.717) is 5.75 Å². The second kappa shape index (κ2) is 6.25. The molecule has 7 heteroatoms. The minimum atomic E-state index is -1.60. The molecule has 0 radical (unpaired) electrons. The molecule has 0 saturated heterocycles. The number of carboxylic acids is 1. The number of benzene rings is 1. The van der Waals surface area contributed by atoms with Crippen molar-refractivity contribution in [3.05, 3.63) is 23.8 Å². The molecule has 0 fully saturated rings. The highest BCUT2D eigenvalue weighted by molar-refractivity contribution is 6.00. The third-order valence-corrected chi connectivity index (χ3v) is 2.74. The van der Waals surface area contributed by atoms with E-state index in [0.717, 1.165) is 0 Å². The first kappa shape index (κ1) is 15.8. The monoisotopic (exact) mass is 283 g/mol. The van der Waals surface area contributed by atoms with Crippen molar-refractivity contribution < 1.29 is 29.3 Å². The average molecular weight is 283 g/mol. The van der Waals surface area contributed by atoms with Gasteiger partial charge in [0.15, 0.2) is 5.54 Å². The Hall–Kier alpha value is -2.28. The minimum Gasteiger partial charge on any atom is -0.507 e. The second-order valence-corrected chi connectivity index (χ2v) is 4.41. The largest absolute Gasteiger partial charge is 0.507 e. The number of ether oxygens (including phenoxy) is 2. The van der Waals surface area contributed by atoms with Gasteiger partial charge in [-0.15, -0.1) is 0 Å². The molecule has 0 aromatic heterocycles. The average Bonchev–Trinajstić information content (AvgIpc) is 2.39. The highest BCUT2D eigenvalue weighted by atomic mass is 16.5. The molecule has 1 unspecified atom stereocenters. The number of carboxylic acid groups (broad SMARTS) is 1. The van der Waals surface area contributed by atoms with Crippen LogP contribution in [0, 0.1) is 0 Å². The molecule has 0 aliphatic heterocycles. The summed E-state index contributed by atoms with van der Waals surface area (Å²) in [6, 6.07) is 4.10. The third kappa shape index (κ3) is 3.39. The maximum absolute atomic E-state index is 12.1. The van der Waals surface area contributed by atoms with Crippen molar-refractivity contribution in [3.63, 3.8) is 0 Å². The summed E-state index contributed by atoms with van der Waals surface area (Å²) in [5, 5.41) is 21.1. The van der Waals surface area contributed by atoms with E-state index >= 15 is 0 Å². The van der Waals surface area contributed by atoms with Gasteiger partial charge in [0.2, 0.25) is 0 Å². The van der Waals surface area contributed by atoms with Gasteiger partial charge in [-0.25, -0.2) is 4.79 Å². The summed E-state index contributed by atoms with van der Waals surface area (Å²) >= 11 is 0. The normalized spacial score (nSPS) is 13.3. The highest BCUT2D eigenvalue weighted by Gasteiger charge is 2.35. The van der Waals surface area contributed by atoms with Gasteiger partial charge in [0.05, 0.1) is 19.3 Å². The number of amides is 1. The molecule has 1 atom stereocenters. The maximum Gasteiger partial charge on any atom is 0.331 e. The van der Waals surface area contributed by atoms with Crippen LogP contribution < -0.4 is 10.1 Å². The van der Waals surface area contributed by atoms with Crippen LogP contribution in [0.3, 0.4) is 0 Å². The summed E-state index contributed by atoms with van der Waals surface area (Å²) in [5.41, 5.74) is -1.67. The number of aliphatic carboxylic acids is 1. The smallest absolute Gasteiger partial charge is 0.331 e. The first-order valence-corrected chi connectivity index (χ1v) is 5.76. The Morgan fingerprint density at radius 2 is 2.00 bits per heavy atom. The van der Waals surface area contributed by atoms with Crippen molar-refractivity contribution >= 4 is 11.9 Å². The summed E-state index contributed by atoms with van der Waals surface area (Å²) in [7, 11) is 2.75. The first-order chi connectivity index (χ1) is 9.34. The molecule has 0 aliphatic rings. The van der Waals surface area contributed by atoms with Crippen molar-refractivity contribution in [1.82, 2.24) is 5.32 Å². The summed E-state index contributed by atoms with van der Waals surface area (Å²) in [6.07, 6.45) is 0. The van der Waals surface area contributed by atoms with Crippen LogP contribution in [0.2, 0.25) is 0 Å². The van der Waals surface area contributed by atoms with Crippen LogP contribution in [0.25, 0.3) is 0 Å². The zero-order valence-electron chi connectivity index (χ0n) is 11.5. The molecule has 0 saturated carbocycles. The van der Waals surface area contributed by atoms with Crippen LogP contribution in [0.15, 0.2) is 18.2 Å². The highest BCUT2D eigenvalue weighted by Crippen LogP contribution is 2.23. The van der Waals surface area contributed by atoms with Crippen LogP contribution in [0.1, 0.15) is 17.3 Å². The SMILES string of the molecule is COCC(C)(NC(=O)c1cc(OC)ccc1O)C(=O)O. The predicted octanol–water partition coefficient (Wildman–Crippen LogP) is 0.620. The molecule has 0 heterocycles. The fraction of sp³-hybridized carbons (Fsp3) is 0.385. The molecule has 3 N–H and O–H groups in total. The molecule has 110 valence electrons. The number of carbonyl (C=O) groups excluding carboxylic acids is 1. The topological polar surface area (TPSA) is 105 Å². The number of hydrogen-bond acceptors (Lipinski definition) is 5. The number of phenols is 1. The maximum atomic E-state index is 12.1. The van der Waals surface area contributed by atoms with Crippen molar-refractivity contribution in [2.75, 3.05) is 20.8 Å². The number of nitrogens with one attached hydrogen (secondary N) is 1. The van der Waals surface area contributed by atoms with E-state index < -0.39 is 17.4 Å². The summed E-state index contributed by atoms with van der Waals surface area (Å²) in [4.78, 5) is 23.3. The van der Waals surface area contributed by atoms with E-state index in [4.69, 9.17) is 14.6 Å². The number of carbonyl (C=O) groups is 2. The number of rotatable bonds is 6. The van der Waals surface area contributed by atoms with Gasteiger partial charge in [0, 0.05) is 7.11 Å². The number of aromatic hydroxyl groups is 1. The Kier molecular flexibility index (Phi) is 4.93. The number of hydrogen-bond donors (Lipinski definition) is 3. The zero-order chi connectivity index (χ0) is 15.3. The molecule has 1 amide bonds. The number of phenolic OH excluding ortho intramolecular Hbond substituents is 1. The quantitative estimate of drug-likeness (QED) is 0.707. The lowest BCUT2D eigenvalue weighted by Gasteiger charge is -2.25. The predicted molar refractivity (Wildman–Crippen MR) is 70.0 cm³/mol. The molecule has 0 spiro atoms. The standard InChI is InChI=1S/C13H17NO6/c1-13(7-19-2,12(17)18)14-11(16)9-6-8(20-3)4-5-10(9)15/h4-6,15H,7H2,1-3H3,(H,14,16)(H,17,18). The molecular weight excluding hydrogens is 266 g/mol. The van der Waals surface area contributed by atoms with Crippen LogP contribution in [0.4, 0.5) is 0 Å². The molecule has 1 aromatic rings. The molecule has 20 heavy (non-hydrogen) atoms. The lowest BCUT2D eigenvalue weighted by molar-refractivity contribution is -0.145. The first-order valence-electron chi connectivity index (χ1n) is 5.76. The number of methoxy groups -OCH3 is 2. The molecule has 1 aromatic carbocycles. The van der Waals surface area contributed by atoms with Gasteiger partial charge >= 0.3 is 5.97 Å². The Balaban J connectivity index is 3.03. The molecule has 0 aliphatic carbocycles. The van der Waals surface area contributed by atoms with E-state index in [-0.39, 0.29) is 17.9 Å². The minimum absolute atomic E-state index is 0.0760. The zero-order valence-corrected chi connectivity index (χ0v) is 11.5. The van der Waals surface area contributed by atoms with Crippen LogP contribution in [-0.4, -0.2) is 48.5 Å². The van der Waals surface area contributed by atoms with Crippen LogP contribution >= 0.6 is 0 Å². The summed E-state index contributed by atoms with van der Waals surface area (Å²) in [6.45, 7) is 1.10. The fourth-order valence-electron chi connectivity index (χ4n) is 1.58. The molecular formula is C13H17NO6. The van der Waals surface area contributed by atoms with E-state index in [1.807, 2.05) is 0 Å². The fourth-order valence-corrected chi connectivity index (χ4v) is 1.58. The van der Waals surface area contributed by atoms with E-state index in [1.165, 1.54) is 39.3 Å². The van der Waals surface area contributed by atoms with Crippen molar-refractivity contribution in [2.45, 2.75) is 12.5 Å². The van der Waals surface area contributed by atoms with Gasteiger partial charge < -0.3 is 25.0 Å². The van der Waals surface area contributed by atoms with Gasteiger partial charge in [-0.1, -0.05) is 0 Å². The van der Waals surface area contributed by atoms with Gasteiger partial charge in [0.25, 0.3) is 5.91 Å². The second-order valence-electron chi connectivity index (χ2n) is 4.41. The Bertz CT molecular complexity index is 516. The Labute approximate surface area is 116 Å². The lowest BCUT2D eigenvalue weighted by Crippen LogP contribution is -2.55. The van der Waals surface area contributed by atoms with Gasteiger partial charge in [-0.05, 0) is 25.1 Å². The van der Waals surface area contributed by atoms with E-state index in [1.54, 1.807) is 0 Å². The van der Waals surface area contributed by atoms with Crippen molar-refractivity contribution in [3.8, 4) is 11.5 Å². The lowest BCUT2D eigenvalue weighted by atomic mass is 10.0. The summed E-state index contributed by atoms with van der Waals surface area (Å²) in [5.74, 6) is -1.87. The van der Waals surface area contributed by atoms with Crippen LogP contribution in [-0.2, 0) is 9.53 Å². The van der Waals surface area contributed by atoms with Gasteiger partial charge in [-0.3, -0.25) is 4.79 Å². The molecule has 7 nitrogen and oxygen atoms in total. The summed E-state index contributed by atoms with van der Waals surface area (Å²) < 4.78 is 9.75. The van der Waals surface area contributed by atoms with E-state index in [2.05, 4.69) is 5.32 Å².